The molecular formula is C12H9NO. The highest BCUT2D eigenvalue weighted by atomic mass is 16.3. The molecule has 0 atom stereocenters. The number of phenolic OH excluding ortho intramolecular Hbond substituents is 1. The fourth-order valence-corrected chi connectivity index (χ4v) is 1.15. The Kier molecular flexibility index (Phi) is 2.30. The monoisotopic (exact) mass is 183 g/mol. The minimum Gasteiger partial charge on any atom is -0.508 e. The molecule has 1 aromatic carbocycles. The Morgan fingerprint density at radius 1 is 1.36 bits per heavy atom. The van der Waals surface area contributed by atoms with Crippen molar-refractivity contribution in [3.8, 4) is 5.75 Å². The van der Waals surface area contributed by atoms with Crippen molar-refractivity contribution in [2.45, 2.75) is 0 Å². The number of nitrogens with zero attached hydrogens (tertiary/aromatic N) is 1. The third-order valence-electron chi connectivity index (χ3n) is 1.80. The van der Waals surface area contributed by atoms with Gasteiger partial charge in [0.1, 0.15) is 11.4 Å². The summed E-state index contributed by atoms with van der Waals surface area (Å²) in [6.45, 7) is 0. The van der Waals surface area contributed by atoms with Crippen LogP contribution in [0.25, 0.3) is 0 Å². The average Bonchev–Trinajstić information content (AvgIpc) is 2.67. The normalized spacial score (nSPS) is 13.9. The number of phenols is 1. The van der Waals surface area contributed by atoms with E-state index in [1.165, 1.54) is 0 Å². The molecule has 0 saturated heterocycles. The summed E-state index contributed by atoms with van der Waals surface area (Å²) >= 11 is 0. The maximum absolute atomic E-state index is 9.20. The van der Waals surface area contributed by atoms with Gasteiger partial charge in [0.2, 0.25) is 0 Å². The van der Waals surface area contributed by atoms with Crippen molar-refractivity contribution >= 4 is 6.21 Å². The van der Waals surface area contributed by atoms with Gasteiger partial charge in [-0.05, 0) is 29.8 Å². The van der Waals surface area contributed by atoms with Crippen LogP contribution in [0, 0.1) is 0 Å². The van der Waals surface area contributed by atoms with E-state index in [-0.39, 0.29) is 5.75 Å². The van der Waals surface area contributed by atoms with Gasteiger partial charge in [-0.15, -0.1) is 0 Å². The molecule has 0 saturated carbocycles. The summed E-state index contributed by atoms with van der Waals surface area (Å²) in [5.41, 5.74) is 4.64. The van der Waals surface area contributed by atoms with E-state index in [1.807, 2.05) is 24.3 Å². The van der Waals surface area contributed by atoms with Gasteiger partial charge in [0.25, 0.3) is 0 Å². The molecular weight excluding hydrogens is 174 g/mol. The number of aliphatic imine (C=N–C) groups is 1. The number of aromatic hydroxyl groups is 1. The van der Waals surface area contributed by atoms with Crippen molar-refractivity contribution in [1.29, 1.82) is 0 Å². The standard InChI is InChI=1S/C12H9NO/c14-12-7-3-4-10(8-12)9-13-11-5-1-2-6-11/h1-5,7-9,14H. The van der Waals surface area contributed by atoms with Gasteiger partial charge in [-0.2, -0.15) is 0 Å². The Morgan fingerprint density at radius 3 is 3.00 bits per heavy atom. The SMILES string of the molecule is Oc1cccc(C=NC2=C=CC=C2)c1. The first kappa shape index (κ1) is 8.54. The summed E-state index contributed by atoms with van der Waals surface area (Å²) in [6, 6.07) is 6.95. The second-order valence-electron chi connectivity index (χ2n) is 2.91. The lowest BCUT2D eigenvalue weighted by Gasteiger charge is -1.93. The van der Waals surface area contributed by atoms with Crippen LogP contribution in [0.3, 0.4) is 0 Å². The fraction of sp³-hybridized carbons (Fsp3) is 0. The van der Waals surface area contributed by atoms with Gasteiger partial charge in [0, 0.05) is 6.21 Å². The zero-order valence-electron chi connectivity index (χ0n) is 7.51. The van der Waals surface area contributed by atoms with Gasteiger partial charge in [0.05, 0.1) is 0 Å². The molecule has 1 aliphatic carbocycles. The van der Waals surface area contributed by atoms with E-state index >= 15 is 0 Å². The van der Waals surface area contributed by atoms with Crippen molar-refractivity contribution in [2.75, 3.05) is 0 Å². The van der Waals surface area contributed by atoms with Gasteiger partial charge in [-0.3, -0.25) is 0 Å². The minimum absolute atomic E-state index is 0.250. The average molecular weight is 183 g/mol. The second kappa shape index (κ2) is 3.77. The maximum Gasteiger partial charge on any atom is 0.116 e. The lowest BCUT2D eigenvalue weighted by atomic mass is 10.2. The third-order valence-corrected chi connectivity index (χ3v) is 1.80. The van der Waals surface area contributed by atoms with E-state index < -0.39 is 0 Å². The quantitative estimate of drug-likeness (QED) is 0.554. The van der Waals surface area contributed by atoms with Crippen LogP contribution in [0.5, 0.6) is 5.75 Å². The molecule has 2 rings (SSSR count). The Balaban J connectivity index is 2.18. The van der Waals surface area contributed by atoms with Crippen molar-refractivity contribution in [1.82, 2.24) is 0 Å². The summed E-state index contributed by atoms with van der Waals surface area (Å²) in [6.07, 6.45) is 7.27. The molecule has 1 aliphatic rings. The van der Waals surface area contributed by atoms with Gasteiger partial charge < -0.3 is 5.11 Å². The Morgan fingerprint density at radius 2 is 2.29 bits per heavy atom. The molecule has 2 nitrogen and oxygen atoms in total. The fourth-order valence-electron chi connectivity index (χ4n) is 1.15. The zero-order chi connectivity index (χ0) is 9.80. The lowest BCUT2D eigenvalue weighted by molar-refractivity contribution is 0.475. The predicted octanol–water partition coefficient (Wildman–Crippen LogP) is 2.42. The van der Waals surface area contributed by atoms with Crippen molar-refractivity contribution < 1.29 is 5.11 Å². The molecule has 0 fully saturated rings. The largest absolute Gasteiger partial charge is 0.508 e. The highest BCUT2D eigenvalue weighted by Gasteiger charge is 1.91. The van der Waals surface area contributed by atoms with Gasteiger partial charge in [-0.1, -0.05) is 23.9 Å². The van der Waals surface area contributed by atoms with E-state index in [0.717, 1.165) is 11.3 Å². The second-order valence-corrected chi connectivity index (χ2v) is 2.91. The smallest absolute Gasteiger partial charge is 0.116 e. The molecule has 0 amide bonds. The van der Waals surface area contributed by atoms with Crippen molar-refractivity contribution in [3.05, 3.63) is 59.5 Å². The number of rotatable bonds is 2. The van der Waals surface area contributed by atoms with Crippen LogP contribution in [0.2, 0.25) is 0 Å². The van der Waals surface area contributed by atoms with Crippen LogP contribution >= 0.6 is 0 Å². The first-order valence-corrected chi connectivity index (χ1v) is 4.31. The van der Waals surface area contributed by atoms with Gasteiger partial charge >= 0.3 is 0 Å². The Bertz CT molecular complexity index is 463. The highest BCUT2D eigenvalue weighted by Crippen LogP contribution is 2.10. The number of allylic oxidation sites excluding steroid dienone is 2. The molecule has 0 aliphatic heterocycles. The van der Waals surface area contributed by atoms with Crippen LogP contribution in [0.4, 0.5) is 0 Å². The molecule has 1 aromatic rings. The van der Waals surface area contributed by atoms with Crippen LogP contribution < -0.4 is 0 Å². The van der Waals surface area contributed by atoms with E-state index in [2.05, 4.69) is 10.7 Å². The van der Waals surface area contributed by atoms with E-state index in [0.29, 0.717) is 0 Å². The number of benzene rings is 1. The summed E-state index contributed by atoms with van der Waals surface area (Å²) < 4.78 is 0. The molecule has 0 spiro atoms. The van der Waals surface area contributed by atoms with Crippen LogP contribution in [-0.4, -0.2) is 11.3 Å². The molecule has 0 bridgehead atoms. The van der Waals surface area contributed by atoms with Crippen LogP contribution in [0.1, 0.15) is 5.56 Å². The Hall–Kier alpha value is -2.05. The summed E-state index contributed by atoms with van der Waals surface area (Å²) in [7, 11) is 0. The molecule has 0 aromatic heterocycles. The lowest BCUT2D eigenvalue weighted by Crippen LogP contribution is -1.79. The summed E-state index contributed by atoms with van der Waals surface area (Å²) in [5, 5.41) is 9.20. The minimum atomic E-state index is 0.250. The van der Waals surface area contributed by atoms with Gasteiger partial charge in [-0.25, -0.2) is 4.99 Å². The van der Waals surface area contributed by atoms with E-state index in [9.17, 15) is 5.11 Å². The van der Waals surface area contributed by atoms with Crippen molar-refractivity contribution in [3.63, 3.8) is 0 Å². The topological polar surface area (TPSA) is 32.6 Å². The van der Waals surface area contributed by atoms with Crippen LogP contribution in [0.15, 0.2) is 58.9 Å². The molecule has 0 radical (unpaired) electrons. The molecule has 2 heteroatoms. The zero-order valence-corrected chi connectivity index (χ0v) is 7.51. The number of hydrogen-bond acceptors (Lipinski definition) is 2. The molecule has 0 unspecified atom stereocenters. The third kappa shape index (κ3) is 2.00. The predicted molar refractivity (Wildman–Crippen MR) is 56.4 cm³/mol. The first-order valence-electron chi connectivity index (χ1n) is 4.31. The van der Waals surface area contributed by atoms with Crippen molar-refractivity contribution in [2.24, 2.45) is 4.99 Å². The highest BCUT2D eigenvalue weighted by molar-refractivity contribution is 5.81. The first-order chi connectivity index (χ1) is 6.84. The Labute approximate surface area is 82.2 Å². The van der Waals surface area contributed by atoms with E-state index in [1.54, 1.807) is 24.4 Å². The molecule has 68 valence electrons. The van der Waals surface area contributed by atoms with Crippen LogP contribution in [-0.2, 0) is 0 Å². The molecule has 1 N–H and O–H groups in total. The van der Waals surface area contributed by atoms with E-state index in [4.69, 9.17) is 0 Å². The maximum atomic E-state index is 9.20. The summed E-state index contributed by atoms with van der Waals surface area (Å²) in [5.74, 6) is 0.250. The molecule has 0 heterocycles. The van der Waals surface area contributed by atoms with Gasteiger partial charge in [0.15, 0.2) is 0 Å². The molecule has 14 heavy (non-hydrogen) atoms. The summed E-state index contributed by atoms with van der Waals surface area (Å²) in [4.78, 5) is 4.19. The number of hydrogen-bond donors (Lipinski definition) is 1.